The van der Waals surface area contributed by atoms with Crippen molar-refractivity contribution < 1.29 is 27.2 Å². The number of rotatable bonds is 7. The van der Waals surface area contributed by atoms with Crippen LogP contribution in [-0.4, -0.2) is 77.6 Å². The molecule has 1 N–H and O–H groups in total. The van der Waals surface area contributed by atoms with E-state index in [0.29, 0.717) is 23.4 Å². The van der Waals surface area contributed by atoms with Crippen LogP contribution in [0.1, 0.15) is 45.1 Å². The van der Waals surface area contributed by atoms with E-state index in [0.717, 1.165) is 29.3 Å². The average molecular weight is 640 g/mol. The van der Waals surface area contributed by atoms with E-state index in [9.17, 15) is 22.8 Å². The molecule has 2 saturated heterocycles. The summed E-state index contributed by atoms with van der Waals surface area (Å²) in [5, 5.41) is 3.29. The molecule has 3 fully saturated rings. The molecule has 1 aliphatic carbocycles. The predicted molar refractivity (Wildman–Crippen MR) is 156 cm³/mol. The smallest absolute Gasteiger partial charge is 0.248 e. The Labute approximate surface area is 255 Å². The Kier molecular flexibility index (Phi) is 8.85. The van der Waals surface area contributed by atoms with Gasteiger partial charge in [-0.2, -0.15) is 4.31 Å². The molecule has 0 bridgehead atoms. The highest BCUT2D eigenvalue weighted by Gasteiger charge is 2.54. The number of amides is 3. The van der Waals surface area contributed by atoms with Crippen molar-refractivity contribution in [3.05, 3.63) is 63.9 Å². The van der Waals surface area contributed by atoms with E-state index in [4.69, 9.17) is 23.2 Å². The molecule has 3 atom stereocenters. The highest BCUT2D eigenvalue weighted by atomic mass is 35.5. The summed E-state index contributed by atoms with van der Waals surface area (Å²) in [6.07, 6.45) is 2.08. The summed E-state index contributed by atoms with van der Waals surface area (Å²) >= 11 is 12.1. The summed E-state index contributed by atoms with van der Waals surface area (Å²) in [6.45, 7) is 3.07. The van der Waals surface area contributed by atoms with E-state index in [-0.39, 0.29) is 41.8 Å². The van der Waals surface area contributed by atoms with E-state index in [1.54, 1.807) is 38.1 Å². The number of fused-ring (bicyclic) bond motifs is 1. The maximum Gasteiger partial charge on any atom is 0.248 e. The fourth-order valence-electron chi connectivity index (χ4n) is 6.10. The molecule has 0 spiro atoms. The summed E-state index contributed by atoms with van der Waals surface area (Å²) < 4.78 is 44.3. The van der Waals surface area contributed by atoms with Gasteiger partial charge < -0.3 is 15.1 Å². The monoisotopic (exact) mass is 638 g/mol. The Balaban J connectivity index is 1.60. The average Bonchev–Trinajstić information content (AvgIpc) is 3.49. The normalized spacial score (nSPS) is 23.9. The molecule has 9 nitrogen and oxygen atoms in total. The predicted octanol–water partition coefficient (Wildman–Crippen LogP) is 3.83. The lowest BCUT2D eigenvalue weighted by molar-refractivity contribution is -0.169. The second-order valence-corrected chi connectivity index (χ2v) is 14.1. The number of sulfonamides is 1. The molecule has 2 heterocycles. The minimum absolute atomic E-state index is 0.0225. The van der Waals surface area contributed by atoms with Gasteiger partial charge in [-0.15, -0.1) is 0 Å². The molecular formula is C29H33Cl2FN4O5S. The number of piperazine rings is 1. The van der Waals surface area contributed by atoms with Crippen molar-refractivity contribution >= 4 is 50.9 Å². The van der Waals surface area contributed by atoms with E-state index in [2.05, 4.69) is 5.32 Å². The van der Waals surface area contributed by atoms with Crippen molar-refractivity contribution in [3.8, 4) is 0 Å². The standard InChI is InChI=1S/C29H33Cl2FN4O5S/c1-17(2)34-16-26-35(42(40,41)25-14-21(31)11-12-22(25)32)15-23(33-27(37)19-5-3-4-6-19)28(38)36(26)24(29(34)39)13-18-7-9-20(30)10-8-18/h7-12,14,17,19,23-24,26H,3-6,13,15-16H2,1-2H3,(H,33,37). The SMILES string of the molecule is CC(C)N1CC2N(C(=O)C(NC(=O)C3CCCC3)CN2S(=O)(=O)c2cc(Cl)ccc2F)C(Cc2ccc(Cl)cc2)C1=O. The maximum absolute atomic E-state index is 15.0. The fraction of sp³-hybridized carbons (Fsp3) is 0.483. The number of carbonyl (C=O) groups is 3. The summed E-state index contributed by atoms with van der Waals surface area (Å²) in [4.78, 5) is 43.3. The zero-order valence-corrected chi connectivity index (χ0v) is 25.6. The van der Waals surface area contributed by atoms with Gasteiger partial charge in [-0.1, -0.05) is 48.2 Å². The van der Waals surface area contributed by atoms with Gasteiger partial charge >= 0.3 is 0 Å². The fourth-order valence-corrected chi connectivity index (χ4v) is 8.14. The zero-order chi connectivity index (χ0) is 30.3. The van der Waals surface area contributed by atoms with Crippen LogP contribution in [0.25, 0.3) is 0 Å². The van der Waals surface area contributed by atoms with Gasteiger partial charge in [0, 0.05) is 35.0 Å². The third-order valence-electron chi connectivity index (χ3n) is 8.32. The molecule has 2 aliphatic heterocycles. The van der Waals surface area contributed by atoms with Crippen LogP contribution in [0.15, 0.2) is 47.4 Å². The zero-order valence-electron chi connectivity index (χ0n) is 23.3. The molecular weight excluding hydrogens is 606 g/mol. The van der Waals surface area contributed by atoms with Crippen molar-refractivity contribution in [1.82, 2.24) is 19.4 Å². The van der Waals surface area contributed by atoms with Gasteiger partial charge in [0.05, 0.1) is 6.54 Å². The Bertz CT molecular complexity index is 1480. The second-order valence-electron chi connectivity index (χ2n) is 11.3. The first-order chi connectivity index (χ1) is 19.9. The van der Waals surface area contributed by atoms with Gasteiger partial charge in [-0.25, -0.2) is 12.8 Å². The summed E-state index contributed by atoms with van der Waals surface area (Å²) in [6, 6.07) is 7.40. The van der Waals surface area contributed by atoms with Crippen LogP contribution in [0.3, 0.4) is 0 Å². The lowest BCUT2D eigenvalue weighted by Crippen LogP contribution is -2.76. The summed E-state index contributed by atoms with van der Waals surface area (Å²) in [5.74, 6) is -2.52. The Morgan fingerprint density at radius 3 is 2.29 bits per heavy atom. The number of benzene rings is 2. The van der Waals surface area contributed by atoms with E-state index >= 15 is 4.39 Å². The van der Waals surface area contributed by atoms with Gasteiger partial charge in [-0.05, 0) is 62.6 Å². The Hall–Kier alpha value is -2.73. The van der Waals surface area contributed by atoms with Gasteiger partial charge in [0.1, 0.15) is 29.0 Å². The highest BCUT2D eigenvalue weighted by molar-refractivity contribution is 7.89. The summed E-state index contributed by atoms with van der Waals surface area (Å²) in [5.41, 5.74) is 0.710. The molecule has 2 aromatic carbocycles. The van der Waals surface area contributed by atoms with Crippen LogP contribution in [0.2, 0.25) is 10.0 Å². The quantitative estimate of drug-likeness (QED) is 0.496. The lowest BCUT2D eigenvalue weighted by Gasteiger charge is -2.54. The Morgan fingerprint density at radius 1 is 1.00 bits per heavy atom. The molecule has 13 heteroatoms. The highest BCUT2D eigenvalue weighted by Crippen LogP contribution is 2.34. The topological polar surface area (TPSA) is 107 Å². The van der Waals surface area contributed by atoms with Crippen LogP contribution in [0, 0.1) is 11.7 Å². The summed E-state index contributed by atoms with van der Waals surface area (Å²) in [7, 11) is -4.59. The van der Waals surface area contributed by atoms with Gasteiger partial charge in [0.2, 0.25) is 27.7 Å². The lowest BCUT2D eigenvalue weighted by atomic mass is 9.96. The molecule has 42 heavy (non-hydrogen) atoms. The van der Waals surface area contributed by atoms with Gasteiger partial charge in [0.25, 0.3) is 0 Å². The van der Waals surface area contributed by atoms with E-state index < -0.39 is 51.4 Å². The van der Waals surface area contributed by atoms with Crippen LogP contribution in [0.4, 0.5) is 4.39 Å². The van der Waals surface area contributed by atoms with E-state index in [1.165, 1.54) is 15.9 Å². The third kappa shape index (κ3) is 5.89. The van der Waals surface area contributed by atoms with Crippen molar-refractivity contribution in [2.24, 2.45) is 5.92 Å². The first kappa shape index (κ1) is 30.7. The molecule has 3 aliphatic rings. The first-order valence-corrected chi connectivity index (χ1v) is 16.2. The third-order valence-corrected chi connectivity index (χ3v) is 10.7. The number of halogens is 3. The number of hydrogen-bond acceptors (Lipinski definition) is 5. The number of carbonyl (C=O) groups excluding carboxylic acids is 3. The van der Waals surface area contributed by atoms with Gasteiger partial charge in [0.15, 0.2) is 0 Å². The van der Waals surface area contributed by atoms with Gasteiger partial charge in [-0.3, -0.25) is 14.4 Å². The molecule has 0 aromatic heterocycles. The molecule has 226 valence electrons. The minimum Gasteiger partial charge on any atom is -0.343 e. The van der Waals surface area contributed by atoms with E-state index in [1.807, 2.05) is 0 Å². The van der Waals surface area contributed by atoms with Crippen LogP contribution >= 0.6 is 23.2 Å². The number of hydrogen-bond donors (Lipinski definition) is 1. The first-order valence-electron chi connectivity index (χ1n) is 14.0. The number of nitrogens with one attached hydrogen (secondary N) is 1. The number of nitrogens with zero attached hydrogens (tertiary/aromatic N) is 3. The minimum atomic E-state index is -4.59. The Morgan fingerprint density at radius 2 is 1.64 bits per heavy atom. The molecule has 3 unspecified atom stereocenters. The van der Waals surface area contributed by atoms with Crippen molar-refractivity contribution in [3.63, 3.8) is 0 Å². The maximum atomic E-state index is 15.0. The molecule has 0 radical (unpaired) electrons. The second kappa shape index (κ2) is 12.1. The molecule has 3 amide bonds. The van der Waals surface area contributed by atoms with Crippen molar-refractivity contribution in [1.29, 1.82) is 0 Å². The van der Waals surface area contributed by atoms with Crippen LogP contribution in [0.5, 0.6) is 0 Å². The van der Waals surface area contributed by atoms with Crippen molar-refractivity contribution in [2.75, 3.05) is 13.1 Å². The van der Waals surface area contributed by atoms with Crippen molar-refractivity contribution in [2.45, 2.75) is 75.1 Å². The largest absolute Gasteiger partial charge is 0.343 e. The molecule has 1 saturated carbocycles. The van der Waals surface area contributed by atoms with Crippen LogP contribution in [-0.2, 0) is 30.8 Å². The molecule has 5 rings (SSSR count). The van der Waals surface area contributed by atoms with Crippen LogP contribution < -0.4 is 5.32 Å². The molecule has 2 aromatic rings.